The molecule has 1 aromatic heterocycles. The number of aliphatic carboxylic acids is 1. The highest BCUT2D eigenvalue weighted by Crippen LogP contribution is 2.41. The molecule has 3 aromatic carbocycles. The van der Waals surface area contributed by atoms with Crippen molar-refractivity contribution in [3.8, 4) is 0 Å². The number of thiazole rings is 1. The summed E-state index contributed by atoms with van der Waals surface area (Å²) in [4.78, 5) is 49.0. The van der Waals surface area contributed by atoms with Crippen LogP contribution < -0.4 is 15.7 Å². The van der Waals surface area contributed by atoms with Crippen molar-refractivity contribution in [1.29, 1.82) is 0 Å². The number of amides is 2. The number of carboxylic acids is 1. The smallest absolute Gasteiger partial charge is 0.276 e. The Morgan fingerprint density at radius 3 is 2.09 bits per heavy atom. The van der Waals surface area contributed by atoms with Gasteiger partial charge in [-0.25, -0.2) is 4.98 Å². The molecule has 11 nitrogen and oxygen atoms in total. The van der Waals surface area contributed by atoms with Crippen LogP contribution in [-0.4, -0.2) is 69.4 Å². The van der Waals surface area contributed by atoms with Gasteiger partial charge in [0, 0.05) is 11.1 Å². The number of β-lactam (4-membered cyclic amide) rings is 1. The Hall–Kier alpha value is -4.98. The molecule has 0 spiro atoms. The molecule has 0 aliphatic carbocycles. The first kappa shape index (κ1) is 31.0. The van der Waals surface area contributed by atoms with Crippen LogP contribution in [0.1, 0.15) is 22.4 Å². The molecule has 1 fully saturated rings. The number of oxime groups is 1. The zero-order valence-corrected chi connectivity index (χ0v) is 26.1. The SMILES string of the molecule is CO/N=C(\C(=O)N[C@@H]1C(=O)N2C(C(=O)[O-])=C(CO)CS[C@H]12)c1csc(NC(c2ccccc2)(c2ccccc2)c2ccccc2)n1. The molecule has 2 aliphatic rings. The van der Waals surface area contributed by atoms with Gasteiger partial charge >= 0.3 is 0 Å². The molecule has 0 radical (unpaired) electrons. The van der Waals surface area contributed by atoms with E-state index < -0.39 is 41.3 Å². The quantitative estimate of drug-likeness (QED) is 0.0956. The van der Waals surface area contributed by atoms with Crippen LogP contribution in [0.2, 0.25) is 0 Å². The van der Waals surface area contributed by atoms with Crippen molar-refractivity contribution < 1.29 is 29.4 Å². The van der Waals surface area contributed by atoms with E-state index in [0.29, 0.717) is 5.13 Å². The fraction of sp³-hybridized carbons (Fsp3) is 0.182. The summed E-state index contributed by atoms with van der Waals surface area (Å²) in [5, 5.41) is 33.0. The number of nitrogens with zero attached hydrogens (tertiary/aromatic N) is 3. The monoisotopic (exact) mass is 654 g/mol. The molecule has 0 saturated carbocycles. The Morgan fingerprint density at radius 2 is 1.59 bits per heavy atom. The van der Waals surface area contributed by atoms with Crippen LogP contribution in [0.5, 0.6) is 0 Å². The number of thioether (sulfide) groups is 1. The molecule has 4 aromatic rings. The van der Waals surface area contributed by atoms with Crippen molar-refractivity contribution in [1.82, 2.24) is 15.2 Å². The van der Waals surface area contributed by atoms with Gasteiger partial charge in [-0.2, -0.15) is 0 Å². The fourth-order valence-electron chi connectivity index (χ4n) is 5.68. The van der Waals surface area contributed by atoms with Crippen LogP contribution in [0.15, 0.2) is 113 Å². The minimum atomic E-state index is -1.56. The van der Waals surface area contributed by atoms with E-state index in [0.717, 1.165) is 21.6 Å². The number of hydrogen-bond donors (Lipinski definition) is 3. The molecule has 3 heterocycles. The van der Waals surface area contributed by atoms with Crippen LogP contribution >= 0.6 is 23.1 Å². The summed E-state index contributed by atoms with van der Waals surface area (Å²) in [7, 11) is 1.30. The molecular formula is C33H28N5O6S2-. The number of carboxylic acid groups (broad SMARTS) is 1. The summed E-state index contributed by atoms with van der Waals surface area (Å²) in [6.07, 6.45) is 0. The molecule has 2 amide bonds. The largest absolute Gasteiger partial charge is 0.543 e. The van der Waals surface area contributed by atoms with Crippen molar-refractivity contribution in [3.63, 3.8) is 0 Å². The molecule has 2 atom stereocenters. The van der Waals surface area contributed by atoms with E-state index in [4.69, 9.17) is 9.82 Å². The van der Waals surface area contributed by atoms with Gasteiger partial charge in [0.2, 0.25) is 0 Å². The van der Waals surface area contributed by atoms with Gasteiger partial charge in [-0.15, -0.1) is 23.1 Å². The van der Waals surface area contributed by atoms with Gasteiger partial charge in [0.05, 0.1) is 18.3 Å². The summed E-state index contributed by atoms with van der Waals surface area (Å²) in [6.45, 7) is -0.519. The average Bonchev–Trinajstić information content (AvgIpc) is 3.56. The Labute approximate surface area is 272 Å². The summed E-state index contributed by atoms with van der Waals surface area (Å²) >= 11 is 2.51. The molecule has 46 heavy (non-hydrogen) atoms. The number of anilines is 1. The number of aromatic nitrogens is 1. The average molecular weight is 655 g/mol. The van der Waals surface area contributed by atoms with Gasteiger partial charge in [0.25, 0.3) is 11.8 Å². The van der Waals surface area contributed by atoms with Crippen molar-refractivity contribution >= 4 is 51.7 Å². The Morgan fingerprint density at radius 1 is 1.02 bits per heavy atom. The number of carbonyl (C=O) groups is 3. The molecular weight excluding hydrogens is 627 g/mol. The lowest BCUT2D eigenvalue weighted by atomic mass is 9.77. The topological polar surface area (TPSA) is 156 Å². The standard InChI is InChI=1S/C33H29N5O6S2/c1-44-37-25(28(40)35-26-29(41)38-27(31(42)43)20(17-39)18-45-30(26)38)24-19-46-32(34-24)36-33(21-11-5-2-6-12-21,22-13-7-3-8-14-22)23-15-9-4-10-16-23/h2-16,19,26,30,39H,17-18H2,1H3,(H,34,36)(H,35,40)(H,42,43)/p-1/b37-25-/t26-,30-/m1/s1. The Bertz CT molecular complexity index is 1720. The second-order valence-electron chi connectivity index (χ2n) is 10.4. The van der Waals surface area contributed by atoms with E-state index >= 15 is 0 Å². The van der Waals surface area contributed by atoms with Crippen LogP contribution in [0.4, 0.5) is 5.13 Å². The number of hydrogen-bond acceptors (Lipinski definition) is 11. The van der Waals surface area contributed by atoms with Crippen LogP contribution in [0.25, 0.3) is 0 Å². The molecule has 2 aliphatic heterocycles. The van der Waals surface area contributed by atoms with Gasteiger partial charge in [0.15, 0.2) is 10.8 Å². The lowest BCUT2D eigenvalue weighted by molar-refractivity contribution is -0.301. The zero-order chi connectivity index (χ0) is 32.3. The van der Waals surface area contributed by atoms with E-state index in [9.17, 15) is 24.6 Å². The van der Waals surface area contributed by atoms with Gasteiger partial charge in [0.1, 0.15) is 29.8 Å². The highest BCUT2D eigenvalue weighted by atomic mass is 32.2. The van der Waals surface area contributed by atoms with E-state index in [1.807, 2.05) is 91.0 Å². The van der Waals surface area contributed by atoms with E-state index in [-0.39, 0.29) is 28.4 Å². The second-order valence-corrected chi connectivity index (χ2v) is 12.4. The second kappa shape index (κ2) is 13.2. The third-order valence-electron chi connectivity index (χ3n) is 7.78. The maximum absolute atomic E-state index is 13.5. The maximum atomic E-state index is 13.5. The van der Waals surface area contributed by atoms with Gasteiger partial charge in [-0.3, -0.25) is 14.5 Å². The summed E-state index contributed by atoms with van der Waals surface area (Å²) in [5.41, 5.74) is 1.95. The minimum absolute atomic E-state index is 0.157. The highest BCUT2D eigenvalue weighted by Gasteiger charge is 2.53. The maximum Gasteiger partial charge on any atom is 0.276 e. The predicted octanol–water partition coefficient (Wildman–Crippen LogP) is 2.29. The van der Waals surface area contributed by atoms with Gasteiger partial charge < -0.3 is 30.5 Å². The Balaban J connectivity index is 1.30. The van der Waals surface area contributed by atoms with E-state index in [1.165, 1.54) is 30.2 Å². The highest BCUT2D eigenvalue weighted by molar-refractivity contribution is 8.00. The first-order chi connectivity index (χ1) is 22.4. The molecule has 234 valence electrons. The zero-order valence-electron chi connectivity index (χ0n) is 24.5. The van der Waals surface area contributed by atoms with Crippen molar-refractivity contribution in [2.45, 2.75) is 17.0 Å². The lowest BCUT2D eigenvalue weighted by Crippen LogP contribution is -2.71. The first-order valence-corrected chi connectivity index (χ1v) is 16.1. The van der Waals surface area contributed by atoms with Crippen LogP contribution in [0, 0.1) is 0 Å². The van der Waals surface area contributed by atoms with Crippen molar-refractivity contribution in [2.75, 3.05) is 24.8 Å². The fourth-order valence-corrected chi connectivity index (χ4v) is 7.77. The first-order valence-electron chi connectivity index (χ1n) is 14.2. The van der Waals surface area contributed by atoms with Crippen molar-refractivity contribution in [2.24, 2.45) is 5.16 Å². The number of benzene rings is 3. The molecule has 6 rings (SSSR count). The van der Waals surface area contributed by atoms with Gasteiger partial charge in [-0.05, 0) is 22.3 Å². The summed E-state index contributed by atoms with van der Waals surface area (Å²) in [6, 6.07) is 28.9. The third-order valence-corrected chi connectivity index (χ3v) is 9.87. The molecule has 3 N–H and O–H groups in total. The molecule has 1 saturated heterocycles. The van der Waals surface area contributed by atoms with E-state index in [2.05, 4.69) is 15.8 Å². The number of aliphatic hydroxyl groups excluding tert-OH is 1. The summed E-state index contributed by atoms with van der Waals surface area (Å²) < 4.78 is 0. The molecule has 0 bridgehead atoms. The third kappa shape index (κ3) is 5.53. The normalized spacial score (nSPS) is 18.0. The Kier molecular flexibility index (Phi) is 8.88. The number of fused-ring (bicyclic) bond motifs is 1. The molecule has 13 heteroatoms. The predicted molar refractivity (Wildman–Crippen MR) is 173 cm³/mol. The molecule has 0 unspecified atom stereocenters. The number of aliphatic hydroxyl groups is 1. The van der Waals surface area contributed by atoms with E-state index in [1.54, 1.807) is 5.38 Å². The van der Waals surface area contributed by atoms with Crippen molar-refractivity contribution in [3.05, 3.63) is 130 Å². The summed E-state index contributed by atoms with van der Waals surface area (Å²) in [5.74, 6) is -2.74. The number of nitrogens with one attached hydrogen (secondary N) is 2. The lowest BCUT2D eigenvalue weighted by Gasteiger charge is -2.50. The van der Waals surface area contributed by atoms with Crippen LogP contribution in [-0.2, 0) is 24.8 Å². The minimum Gasteiger partial charge on any atom is -0.543 e. The van der Waals surface area contributed by atoms with Gasteiger partial charge in [-0.1, -0.05) is 96.2 Å². The number of rotatable bonds is 11. The van der Waals surface area contributed by atoms with Crippen LogP contribution in [0.3, 0.4) is 0 Å². The number of carbonyl (C=O) groups excluding carboxylic acids is 3.